The predicted molar refractivity (Wildman–Crippen MR) is 76.7 cm³/mol. The van der Waals surface area contributed by atoms with Crippen LogP contribution in [0.5, 0.6) is 0 Å². The van der Waals surface area contributed by atoms with E-state index in [1.807, 2.05) is 4.90 Å². The van der Waals surface area contributed by atoms with Crippen LogP contribution in [0, 0.1) is 5.92 Å². The molecule has 19 heavy (non-hydrogen) atoms. The molecule has 0 aromatic heterocycles. The van der Waals surface area contributed by atoms with Gasteiger partial charge in [0.2, 0.25) is 0 Å². The Bertz CT molecular complexity index is 479. The quantitative estimate of drug-likeness (QED) is 0.926. The number of carboxylic acid groups (broad SMARTS) is 1. The van der Waals surface area contributed by atoms with Crippen molar-refractivity contribution in [1.82, 2.24) is 4.90 Å². The number of nitrogens with zero attached hydrogens (tertiary/aromatic N) is 1. The molecular formula is C14H17Cl2NO2. The molecule has 104 valence electrons. The zero-order valence-electron chi connectivity index (χ0n) is 10.8. The Balaban J connectivity index is 2.16. The van der Waals surface area contributed by atoms with Gasteiger partial charge in [-0.15, -0.1) is 0 Å². The van der Waals surface area contributed by atoms with Crippen molar-refractivity contribution in [2.24, 2.45) is 5.92 Å². The van der Waals surface area contributed by atoms with Crippen LogP contribution in [-0.4, -0.2) is 28.6 Å². The van der Waals surface area contributed by atoms with E-state index in [1.165, 1.54) is 0 Å². The molecule has 0 spiro atoms. The monoisotopic (exact) mass is 301 g/mol. The maximum Gasteiger partial charge on any atom is 0.320 e. The molecule has 0 aliphatic carbocycles. The van der Waals surface area contributed by atoms with E-state index in [0.29, 0.717) is 28.9 Å². The molecule has 2 unspecified atom stereocenters. The van der Waals surface area contributed by atoms with Gasteiger partial charge in [-0.1, -0.05) is 30.1 Å². The first-order valence-electron chi connectivity index (χ1n) is 6.38. The number of hydrogen-bond acceptors (Lipinski definition) is 2. The first-order chi connectivity index (χ1) is 8.97. The van der Waals surface area contributed by atoms with Crippen LogP contribution in [0.4, 0.5) is 0 Å². The van der Waals surface area contributed by atoms with Crippen LogP contribution in [-0.2, 0) is 11.3 Å². The standard InChI is InChI=1S/C14H17Cl2NO2/c1-9-4-5-17(13(6-9)14(18)19)8-10-7-11(15)2-3-12(10)16/h2-3,7,9,13H,4-6,8H2,1H3,(H,18,19). The molecule has 1 aromatic rings. The fraction of sp³-hybridized carbons (Fsp3) is 0.500. The van der Waals surface area contributed by atoms with Gasteiger partial charge in [0, 0.05) is 16.6 Å². The second-order valence-corrected chi connectivity index (χ2v) is 6.03. The largest absolute Gasteiger partial charge is 0.480 e. The van der Waals surface area contributed by atoms with Gasteiger partial charge >= 0.3 is 5.97 Å². The minimum absolute atomic E-state index is 0.432. The van der Waals surface area contributed by atoms with Gasteiger partial charge in [-0.05, 0) is 49.1 Å². The number of likely N-dealkylation sites (tertiary alicyclic amines) is 1. The van der Waals surface area contributed by atoms with Gasteiger partial charge in [-0.3, -0.25) is 9.69 Å². The minimum Gasteiger partial charge on any atom is -0.480 e. The lowest BCUT2D eigenvalue weighted by molar-refractivity contribution is -0.145. The summed E-state index contributed by atoms with van der Waals surface area (Å²) in [7, 11) is 0. The summed E-state index contributed by atoms with van der Waals surface area (Å²) in [5.41, 5.74) is 0.884. The molecule has 1 heterocycles. The van der Waals surface area contributed by atoms with Crippen LogP contribution >= 0.6 is 23.2 Å². The van der Waals surface area contributed by atoms with Crippen molar-refractivity contribution < 1.29 is 9.90 Å². The molecule has 0 amide bonds. The molecule has 1 N–H and O–H groups in total. The number of aliphatic carboxylic acids is 1. The van der Waals surface area contributed by atoms with Crippen molar-refractivity contribution >= 4 is 29.2 Å². The first kappa shape index (κ1) is 14.6. The van der Waals surface area contributed by atoms with Crippen LogP contribution < -0.4 is 0 Å². The van der Waals surface area contributed by atoms with Crippen molar-refractivity contribution in [2.45, 2.75) is 32.4 Å². The number of halogens is 2. The Morgan fingerprint density at radius 2 is 2.21 bits per heavy atom. The molecule has 1 fully saturated rings. The number of hydrogen-bond donors (Lipinski definition) is 1. The molecule has 1 aliphatic rings. The van der Waals surface area contributed by atoms with Crippen molar-refractivity contribution in [3.8, 4) is 0 Å². The lowest BCUT2D eigenvalue weighted by atomic mass is 9.92. The molecule has 1 aromatic carbocycles. The average molecular weight is 302 g/mol. The van der Waals surface area contributed by atoms with Gasteiger partial charge in [0.1, 0.15) is 6.04 Å². The summed E-state index contributed by atoms with van der Waals surface area (Å²) in [4.78, 5) is 13.3. The Morgan fingerprint density at radius 3 is 2.89 bits per heavy atom. The van der Waals surface area contributed by atoms with Crippen molar-refractivity contribution in [3.05, 3.63) is 33.8 Å². The number of carboxylic acids is 1. The number of rotatable bonds is 3. The molecule has 3 nitrogen and oxygen atoms in total. The molecule has 1 aliphatic heterocycles. The fourth-order valence-corrected chi connectivity index (χ4v) is 2.89. The topological polar surface area (TPSA) is 40.5 Å². The minimum atomic E-state index is -0.760. The average Bonchev–Trinajstić information content (AvgIpc) is 2.35. The second kappa shape index (κ2) is 6.12. The highest BCUT2D eigenvalue weighted by atomic mass is 35.5. The van der Waals surface area contributed by atoms with Gasteiger partial charge in [-0.2, -0.15) is 0 Å². The van der Waals surface area contributed by atoms with Crippen LogP contribution in [0.2, 0.25) is 10.0 Å². The molecule has 0 saturated carbocycles. The zero-order chi connectivity index (χ0) is 14.0. The van der Waals surface area contributed by atoms with Crippen molar-refractivity contribution in [3.63, 3.8) is 0 Å². The maximum absolute atomic E-state index is 11.4. The van der Waals surface area contributed by atoms with Crippen molar-refractivity contribution in [2.75, 3.05) is 6.54 Å². The summed E-state index contributed by atoms with van der Waals surface area (Å²) in [6, 6.07) is 4.86. The third kappa shape index (κ3) is 3.62. The van der Waals surface area contributed by atoms with E-state index in [9.17, 15) is 9.90 Å². The predicted octanol–water partition coefficient (Wildman–Crippen LogP) is 3.68. The number of piperidine rings is 1. The summed E-state index contributed by atoms with van der Waals surface area (Å²) in [6.45, 7) is 3.41. The van der Waals surface area contributed by atoms with E-state index in [4.69, 9.17) is 23.2 Å². The van der Waals surface area contributed by atoms with E-state index in [1.54, 1.807) is 18.2 Å². The van der Waals surface area contributed by atoms with Crippen LogP contribution in [0.15, 0.2) is 18.2 Å². The van der Waals surface area contributed by atoms with E-state index in [-0.39, 0.29) is 0 Å². The van der Waals surface area contributed by atoms with Gasteiger partial charge in [-0.25, -0.2) is 0 Å². The highest BCUT2D eigenvalue weighted by Crippen LogP contribution is 2.27. The molecular weight excluding hydrogens is 285 g/mol. The normalized spacial score (nSPS) is 24.4. The van der Waals surface area contributed by atoms with Crippen LogP contribution in [0.25, 0.3) is 0 Å². The highest BCUT2D eigenvalue weighted by Gasteiger charge is 2.31. The molecule has 0 bridgehead atoms. The summed E-state index contributed by atoms with van der Waals surface area (Å²) in [5, 5.41) is 10.6. The summed E-state index contributed by atoms with van der Waals surface area (Å²) in [5.74, 6) is -0.308. The Morgan fingerprint density at radius 1 is 1.47 bits per heavy atom. The molecule has 0 radical (unpaired) electrons. The fourth-order valence-electron chi connectivity index (χ4n) is 2.52. The number of benzene rings is 1. The smallest absolute Gasteiger partial charge is 0.320 e. The van der Waals surface area contributed by atoms with Crippen LogP contribution in [0.3, 0.4) is 0 Å². The molecule has 5 heteroatoms. The lowest BCUT2D eigenvalue weighted by Crippen LogP contribution is -2.46. The SMILES string of the molecule is CC1CCN(Cc2cc(Cl)ccc2Cl)C(C(=O)O)C1. The Labute approximate surface area is 123 Å². The third-order valence-corrected chi connectivity index (χ3v) is 4.25. The highest BCUT2D eigenvalue weighted by molar-refractivity contribution is 6.33. The lowest BCUT2D eigenvalue weighted by Gasteiger charge is -2.36. The van der Waals surface area contributed by atoms with E-state index < -0.39 is 12.0 Å². The van der Waals surface area contributed by atoms with Gasteiger partial charge in [0.25, 0.3) is 0 Å². The summed E-state index contributed by atoms with van der Waals surface area (Å²) >= 11 is 12.1. The summed E-state index contributed by atoms with van der Waals surface area (Å²) < 4.78 is 0. The first-order valence-corrected chi connectivity index (χ1v) is 7.13. The molecule has 2 atom stereocenters. The second-order valence-electron chi connectivity index (χ2n) is 5.19. The van der Waals surface area contributed by atoms with E-state index in [2.05, 4.69) is 6.92 Å². The third-order valence-electron chi connectivity index (χ3n) is 3.64. The van der Waals surface area contributed by atoms with Gasteiger partial charge in [0.15, 0.2) is 0 Å². The molecule has 1 saturated heterocycles. The van der Waals surface area contributed by atoms with Crippen molar-refractivity contribution in [1.29, 1.82) is 0 Å². The van der Waals surface area contributed by atoms with Crippen LogP contribution in [0.1, 0.15) is 25.3 Å². The van der Waals surface area contributed by atoms with Gasteiger partial charge in [0.05, 0.1) is 0 Å². The zero-order valence-corrected chi connectivity index (χ0v) is 12.3. The van der Waals surface area contributed by atoms with E-state index in [0.717, 1.165) is 18.5 Å². The van der Waals surface area contributed by atoms with Gasteiger partial charge < -0.3 is 5.11 Å². The Hall–Kier alpha value is -0.770. The maximum atomic E-state index is 11.4. The molecule has 2 rings (SSSR count). The number of carbonyl (C=O) groups is 1. The Kier molecular flexibility index (Phi) is 4.71. The summed E-state index contributed by atoms with van der Waals surface area (Å²) in [6.07, 6.45) is 1.70. The van der Waals surface area contributed by atoms with E-state index >= 15 is 0 Å².